The van der Waals surface area contributed by atoms with Gasteiger partial charge in [0.2, 0.25) is 5.91 Å². The van der Waals surface area contributed by atoms with Gasteiger partial charge in [0.25, 0.3) is 0 Å². The summed E-state index contributed by atoms with van der Waals surface area (Å²) >= 11 is 1.36. The Hall–Kier alpha value is -2.02. The Balaban J connectivity index is 1.62. The number of aromatic amines is 1. The van der Waals surface area contributed by atoms with Gasteiger partial charge in [0.1, 0.15) is 0 Å². The molecule has 0 saturated carbocycles. The molecule has 2 aromatic rings. The molecule has 0 aliphatic carbocycles. The Bertz CT molecular complexity index is 778. The van der Waals surface area contributed by atoms with Gasteiger partial charge in [0, 0.05) is 19.6 Å². The fraction of sp³-hybridized carbons (Fsp3) is 0.526. The first-order chi connectivity index (χ1) is 12.5. The third-order valence-electron chi connectivity index (χ3n) is 4.92. The quantitative estimate of drug-likeness (QED) is 0.789. The normalized spacial score (nSPS) is 16.6. The molecule has 1 amide bonds. The number of nitrogens with zero attached hydrogens (tertiary/aromatic N) is 3. The number of nitrogens with one attached hydrogen (secondary N) is 1. The molecule has 26 heavy (non-hydrogen) atoms. The van der Waals surface area contributed by atoms with Crippen LogP contribution in [0, 0.1) is 5.92 Å². The molecule has 140 valence electrons. The number of H-pyrrole nitrogens is 1. The number of benzene rings is 1. The molecule has 7 heteroatoms. The largest absolute Gasteiger partial charge is 0.343 e. The van der Waals surface area contributed by atoms with Crippen LogP contribution < -0.4 is 5.69 Å². The fourth-order valence-corrected chi connectivity index (χ4v) is 4.14. The van der Waals surface area contributed by atoms with Gasteiger partial charge in [0.05, 0.1) is 5.25 Å². The fourth-order valence-electron chi connectivity index (χ4n) is 3.17. The summed E-state index contributed by atoms with van der Waals surface area (Å²) in [5.74, 6) is 0.823. The third kappa shape index (κ3) is 4.58. The minimum atomic E-state index is -0.255. The second kappa shape index (κ2) is 8.58. The predicted octanol–water partition coefficient (Wildman–Crippen LogP) is 2.55. The Kier molecular flexibility index (Phi) is 6.19. The van der Waals surface area contributed by atoms with E-state index in [1.54, 1.807) is 4.57 Å². The number of carbonyl (C=O) groups excluding carboxylic acids is 1. The summed E-state index contributed by atoms with van der Waals surface area (Å²) in [6.07, 6.45) is 2.88. The first-order valence-corrected chi connectivity index (χ1v) is 10.1. The van der Waals surface area contributed by atoms with Gasteiger partial charge in [-0.3, -0.25) is 9.36 Å². The molecule has 1 aliphatic heterocycles. The second-order valence-corrected chi connectivity index (χ2v) is 8.27. The number of piperidine rings is 1. The van der Waals surface area contributed by atoms with Crippen molar-refractivity contribution in [3.05, 3.63) is 46.4 Å². The SMILES string of the molecule is CC1CCN(C(=O)[C@@H](C)Sc2n[nH]c(=O)n2CCc2ccccc2)CC1. The third-order valence-corrected chi connectivity index (χ3v) is 5.99. The smallest absolute Gasteiger partial charge is 0.342 e. The molecule has 0 bridgehead atoms. The first-order valence-electron chi connectivity index (χ1n) is 9.19. The molecule has 1 aromatic heterocycles. The Morgan fingerprint density at radius 2 is 2.00 bits per heavy atom. The average Bonchev–Trinajstić information content (AvgIpc) is 3.00. The van der Waals surface area contributed by atoms with Gasteiger partial charge in [-0.25, -0.2) is 9.89 Å². The lowest BCUT2D eigenvalue weighted by molar-refractivity contribution is -0.131. The van der Waals surface area contributed by atoms with Gasteiger partial charge in [0.15, 0.2) is 5.16 Å². The number of amides is 1. The van der Waals surface area contributed by atoms with E-state index in [1.165, 1.54) is 17.3 Å². The van der Waals surface area contributed by atoms with Crippen LogP contribution in [0.25, 0.3) is 0 Å². The first kappa shape index (κ1) is 18.8. The number of aryl methyl sites for hydroxylation is 1. The van der Waals surface area contributed by atoms with Crippen LogP contribution in [0.1, 0.15) is 32.3 Å². The monoisotopic (exact) mass is 374 g/mol. The van der Waals surface area contributed by atoms with E-state index in [2.05, 4.69) is 17.1 Å². The lowest BCUT2D eigenvalue weighted by Gasteiger charge is -2.31. The topological polar surface area (TPSA) is 71.0 Å². The van der Waals surface area contributed by atoms with E-state index in [0.717, 1.165) is 32.4 Å². The molecule has 3 rings (SSSR count). The molecule has 1 atom stereocenters. The number of hydrogen-bond acceptors (Lipinski definition) is 4. The van der Waals surface area contributed by atoms with E-state index in [9.17, 15) is 9.59 Å². The predicted molar refractivity (Wildman–Crippen MR) is 103 cm³/mol. The molecule has 0 spiro atoms. The number of rotatable bonds is 6. The van der Waals surface area contributed by atoms with Gasteiger partial charge in [-0.2, -0.15) is 0 Å². The van der Waals surface area contributed by atoms with E-state index in [1.807, 2.05) is 42.2 Å². The number of likely N-dealkylation sites (tertiary alicyclic amines) is 1. The molecule has 1 aliphatic rings. The van der Waals surface area contributed by atoms with Crippen molar-refractivity contribution in [1.82, 2.24) is 19.7 Å². The summed E-state index contributed by atoms with van der Waals surface area (Å²) in [4.78, 5) is 26.7. The van der Waals surface area contributed by atoms with Gasteiger partial charge >= 0.3 is 5.69 Å². The molecule has 2 heterocycles. The molecular weight excluding hydrogens is 348 g/mol. The van der Waals surface area contributed by atoms with Crippen LogP contribution in [0.3, 0.4) is 0 Å². The lowest BCUT2D eigenvalue weighted by Crippen LogP contribution is -2.41. The number of thioether (sulfide) groups is 1. The molecule has 6 nitrogen and oxygen atoms in total. The van der Waals surface area contributed by atoms with E-state index in [0.29, 0.717) is 17.6 Å². The molecular formula is C19H26N4O2S. The van der Waals surface area contributed by atoms with Crippen LogP contribution in [0.15, 0.2) is 40.3 Å². The molecule has 1 N–H and O–H groups in total. The van der Waals surface area contributed by atoms with Crippen LogP contribution in [-0.4, -0.2) is 43.9 Å². The maximum atomic E-state index is 12.7. The molecule has 0 radical (unpaired) electrons. The minimum Gasteiger partial charge on any atom is -0.342 e. The highest BCUT2D eigenvalue weighted by molar-refractivity contribution is 8.00. The number of carbonyl (C=O) groups is 1. The second-order valence-electron chi connectivity index (χ2n) is 6.97. The van der Waals surface area contributed by atoms with Crippen LogP contribution >= 0.6 is 11.8 Å². The number of aromatic nitrogens is 3. The average molecular weight is 375 g/mol. The minimum absolute atomic E-state index is 0.131. The Morgan fingerprint density at radius 3 is 2.69 bits per heavy atom. The summed E-state index contributed by atoms with van der Waals surface area (Å²) in [5, 5.41) is 6.97. The van der Waals surface area contributed by atoms with Gasteiger partial charge < -0.3 is 4.90 Å². The molecule has 0 unspecified atom stereocenters. The zero-order chi connectivity index (χ0) is 18.5. The van der Waals surface area contributed by atoms with E-state index in [4.69, 9.17) is 0 Å². The van der Waals surface area contributed by atoms with E-state index < -0.39 is 0 Å². The summed E-state index contributed by atoms with van der Waals surface area (Å²) in [6.45, 7) is 6.32. The lowest BCUT2D eigenvalue weighted by atomic mass is 9.99. The molecule has 1 aromatic carbocycles. The highest BCUT2D eigenvalue weighted by Crippen LogP contribution is 2.24. The van der Waals surface area contributed by atoms with E-state index >= 15 is 0 Å². The van der Waals surface area contributed by atoms with Crippen molar-refractivity contribution in [3.8, 4) is 0 Å². The summed E-state index contributed by atoms with van der Waals surface area (Å²) in [5.41, 5.74) is 0.943. The van der Waals surface area contributed by atoms with Crippen molar-refractivity contribution in [2.75, 3.05) is 13.1 Å². The zero-order valence-corrected chi connectivity index (χ0v) is 16.2. The van der Waals surface area contributed by atoms with Crippen LogP contribution in [-0.2, 0) is 17.8 Å². The number of hydrogen-bond donors (Lipinski definition) is 1. The van der Waals surface area contributed by atoms with Crippen molar-refractivity contribution in [2.24, 2.45) is 5.92 Å². The van der Waals surface area contributed by atoms with Crippen molar-refractivity contribution in [3.63, 3.8) is 0 Å². The van der Waals surface area contributed by atoms with Crippen molar-refractivity contribution in [1.29, 1.82) is 0 Å². The maximum absolute atomic E-state index is 12.7. The Morgan fingerprint density at radius 1 is 1.31 bits per heavy atom. The van der Waals surface area contributed by atoms with Gasteiger partial charge in [-0.1, -0.05) is 49.0 Å². The van der Waals surface area contributed by atoms with Crippen molar-refractivity contribution >= 4 is 17.7 Å². The van der Waals surface area contributed by atoms with Crippen LogP contribution in [0.5, 0.6) is 0 Å². The molecule has 1 saturated heterocycles. The summed E-state index contributed by atoms with van der Waals surface area (Å²) in [7, 11) is 0. The van der Waals surface area contributed by atoms with Crippen LogP contribution in [0.2, 0.25) is 0 Å². The zero-order valence-electron chi connectivity index (χ0n) is 15.4. The highest BCUT2D eigenvalue weighted by Gasteiger charge is 2.26. The standard InChI is InChI=1S/C19H26N4O2S/c1-14-8-11-22(12-9-14)17(24)15(2)26-19-21-20-18(25)23(19)13-10-16-6-4-3-5-7-16/h3-7,14-15H,8-13H2,1-2H3,(H,20,25)/t15-/m1/s1. The van der Waals surface area contributed by atoms with Crippen molar-refractivity contribution < 1.29 is 4.79 Å². The van der Waals surface area contributed by atoms with Gasteiger partial charge in [-0.05, 0) is 37.7 Å². The summed E-state index contributed by atoms with van der Waals surface area (Å²) < 4.78 is 1.62. The van der Waals surface area contributed by atoms with Gasteiger partial charge in [-0.15, -0.1) is 5.10 Å². The maximum Gasteiger partial charge on any atom is 0.343 e. The van der Waals surface area contributed by atoms with E-state index in [-0.39, 0.29) is 16.8 Å². The van der Waals surface area contributed by atoms with Crippen molar-refractivity contribution in [2.45, 2.75) is 50.1 Å². The Labute approximate surface area is 158 Å². The van der Waals surface area contributed by atoms with Crippen LogP contribution in [0.4, 0.5) is 0 Å². The highest BCUT2D eigenvalue weighted by atomic mass is 32.2. The summed E-state index contributed by atoms with van der Waals surface area (Å²) in [6, 6.07) is 10.0. The molecule has 1 fully saturated rings.